The molecule has 28 heavy (non-hydrogen) atoms. The zero-order valence-electron chi connectivity index (χ0n) is 16.4. The number of hydrogen-bond acceptors (Lipinski definition) is 2. The van der Waals surface area contributed by atoms with Crippen LogP contribution in [0.5, 0.6) is 0 Å². The molecule has 0 saturated carbocycles. The third kappa shape index (κ3) is 6.06. The molecule has 4 nitrogen and oxygen atoms in total. The number of halogens is 2. The van der Waals surface area contributed by atoms with Crippen molar-refractivity contribution in [2.45, 2.75) is 52.2 Å². The maximum absolute atomic E-state index is 14.2. The quantitative estimate of drug-likeness (QED) is 0.710. The van der Waals surface area contributed by atoms with E-state index in [0.717, 1.165) is 12.0 Å². The van der Waals surface area contributed by atoms with Crippen LogP contribution in [0.1, 0.15) is 38.3 Å². The largest absolute Gasteiger partial charge is 0.352 e. The summed E-state index contributed by atoms with van der Waals surface area (Å²) in [5.74, 6) is -0.931. The van der Waals surface area contributed by atoms with Gasteiger partial charge >= 0.3 is 0 Å². The first-order chi connectivity index (χ1) is 13.3. The monoisotopic (exact) mass is 404 g/mol. The number of nitrogens with one attached hydrogen (secondary N) is 1. The highest BCUT2D eigenvalue weighted by Crippen LogP contribution is 2.17. The minimum Gasteiger partial charge on any atom is -0.352 e. The van der Waals surface area contributed by atoms with E-state index in [0.29, 0.717) is 10.6 Å². The second-order valence-electron chi connectivity index (χ2n) is 6.91. The molecule has 0 aromatic heterocycles. The van der Waals surface area contributed by atoms with Crippen molar-refractivity contribution in [3.8, 4) is 0 Å². The summed E-state index contributed by atoms with van der Waals surface area (Å²) in [5, 5.41) is 3.43. The summed E-state index contributed by atoms with van der Waals surface area (Å²) < 4.78 is 14.2. The van der Waals surface area contributed by atoms with Crippen LogP contribution >= 0.6 is 11.6 Å². The average Bonchev–Trinajstić information content (AvgIpc) is 2.66. The molecule has 1 N–H and O–H groups in total. The van der Waals surface area contributed by atoms with Gasteiger partial charge in [0.1, 0.15) is 11.9 Å². The van der Waals surface area contributed by atoms with Crippen LogP contribution in [-0.4, -0.2) is 28.8 Å². The Balaban J connectivity index is 2.25. The summed E-state index contributed by atoms with van der Waals surface area (Å²) >= 11 is 6.01. The van der Waals surface area contributed by atoms with Crippen molar-refractivity contribution in [2.24, 2.45) is 0 Å². The highest BCUT2D eigenvalue weighted by atomic mass is 35.5. The van der Waals surface area contributed by atoms with E-state index in [4.69, 9.17) is 11.6 Å². The standard InChI is InChI=1S/C22H26ClFN2O2/c1-4-15(2)25-22(28)16(3)26(14-18-9-5-6-11-20(18)24)21(27)13-17-8-7-10-19(23)12-17/h5-12,15-16H,4,13-14H2,1-3H3,(H,25,28)/t15-,16-/m0/s1. The van der Waals surface area contributed by atoms with E-state index in [1.165, 1.54) is 11.0 Å². The fourth-order valence-electron chi connectivity index (χ4n) is 2.78. The van der Waals surface area contributed by atoms with Gasteiger partial charge in [-0.1, -0.05) is 48.9 Å². The predicted molar refractivity (Wildman–Crippen MR) is 109 cm³/mol. The van der Waals surface area contributed by atoms with Crippen LogP contribution < -0.4 is 5.32 Å². The minimum absolute atomic E-state index is 0.00621. The van der Waals surface area contributed by atoms with Crippen LogP contribution in [0, 0.1) is 5.82 Å². The molecule has 2 aromatic carbocycles. The maximum Gasteiger partial charge on any atom is 0.242 e. The molecular weight excluding hydrogens is 379 g/mol. The molecule has 2 rings (SSSR count). The van der Waals surface area contributed by atoms with Crippen molar-refractivity contribution >= 4 is 23.4 Å². The van der Waals surface area contributed by atoms with Crippen LogP contribution in [0.25, 0.3) is 0 Å². The molecule has 0 aliphatic heterocycles. The van der Waals surface area contributed by atoms with E-state index < -0.39 is 11.9 Å². The predicted octanol–water partition coefficient (Wildman–Crippen LogP) is 4.35. The van der Waals surface area contributed by atoms with Crippen LogP contribution in [-0.2, 0) is 22.6 Å². The van der Waals surface area contributed by atoms with Crippen LogP contribution in [0.15, 0.2) is 48.5 Å². The smallest absolute Gasteiger partial charge is 0.242 e. The molecular formula is C22H26ClFN2O2. The van der Waals surface area contributed by atoms with Gasteiger partial charge in [-0.05, 0) is 44.0 Å². The van der Waals surface area contributed by atoms with Gasteiger partial charge in [0.05, 0.1) is 6.42 Å². The number of amides is 2. The second-order valence-corrected chi connectivity index (χ2v) is 7.35. The molecule has 0 radical (unpaired) electrons. The molecule has 0 aliphatic carbocycles. The summed E-state index contributed by atoms with van der Waals surface area (Å²) in [6.45, 7) is 5.55. The normalized spacial score (nSPS) is 12.9. The lowest BCUT2D eigenvalue weighted by atomic mass is 10.1. The fraction of sp³-hybridized carbons (Fsp3) is 0.364. The third-order valence-electron chi connectivity index (χ3n) is 4.71. The molecule has 6 heteroatoms. The van der Waals surface area contributed by atoms with E-state index in [2.05, 4.69) is 5.32 Å². The first-order valence-corrected chi connectivity index (χ1v) is 9.77. The van der Waals surface area contributed by atoms with Gasteiger partial charge in [-0.15, -0.1) is 0 Å². The Morgan fingerprint density at radius 2 is 1.86 bits per heavy atom. The van der Waals surface area contributed by atoms with Gasteiger partial charge in [-0.3, -0.25) is 9.59 Å². The van der Waals surface area contributed by atoms with Gasteiger partial charge < -0.3 is 10.2 Å². The zero-order chi connectivity index (χ0) is 20.7. The van der Waals surface area contributed by atoms with Crippen molar-refractivity contribution in [1.82, 2.24) is 10.2 Å². The van der Waals surface area contributed by atoms with Crippen molar-refractivity contribution in [1.29, 1.82) is 0 Å². The molecule has 0 heterocycles. The molecule has 150 valence electrons. The lowest BCUT2D eigenvalue weighted by Gasteiger charge is -2.30. The van der Waals surface area contributed by atoms with Crippen molar-refractivity contribution in [2.75, 3.05) is 0 Å². The molecule has 2 atom stereocenters. The van der Waals surface area contributed by atoms with Crippen LogP contribution in [0.2, 0.25) is 5.02 Å². The molecule has 2 amide bonds. The Bertz CT molecular complexity index is 828. The minimum atomic E-state index is -0.736. The molecule has 0 aliphatic rings. The van der Waals surface area contributed by atoms with Gasteiger partial charge in [-0.2, -0.15) is 0 Å². The summed E-state index contributed by atoms with van der Waals surface area (Å²) in [6.07, 6.45) is 0.859. The van der Waals surface area contributed by atoms with Gasteiger partial charge in [0.25, 0.3) is 0 Å². The Hall–Kier alpha value is -2.40. The SMILES string of the molecule is CC[C@H](C)NC(=O)[C@H](C)N(Cc1ccccc1F)C(=O)Cc1cccc(Cl)c1. The molecule has 0 saturated heterocycles. The Labute approximate surface area is 170 Å². The van der Waals surface area contributed by atoms with Gasteiger partial charge in [0.2, 0.25) is 11.8 Å². The summed E-state index contributed by atoms with van der Waals surface area (Å²) in [6, 6.07) is 12.5. The van der Waals surface area contributed by atoms with E-state index >= 15 is 0 Å². The van der Waals surface area contributed by atoms with Gasteiger partial charge in [0.15, 0.2) is 0 Å². The molecule has 0 bridgehead atoms. The fourth-order valence-corrected chi connectivity index (χ4v) is 2.99. The van der Waals surface area contributed by atoms with Crippen molar-refractivity contribution in [3.05, 3.63) is 70.5 Å². The molecule has 0 fully saturated rings. The first kappa shape index (κ1) is 21.9. The van der Waals surface area contributed by atoms with Gasteiger partial charge in [-0.25, -0.2) is 4.39 Å². The zero-order valence-corrected chi connectivity index (χ0v) is 17.2. The number of nitrogens with zero attached hydrogens (tertiary/aromatic N) is 1. The number of carbonyl (C=O) groups excluding carboxylic acids is 2. The number of benzene rings is 2. The van der Waals surface area contributed by atoms with E-state index in [-0.39, 0.29) is 30.8 Å². The van der Waals surface area contributed by atoms with Crippen LogP contribution in [0.3, 0.4) is 0 Å². The summed E-state index contributed by atoms with van der Waals surface area (Å²) in [4.78, 5) is 27.1. The topological polar surface area (TPSA) is 49.4 Å². The highest BCUT2D eigenvalue weighted by molar-refractivity contribution is 6.30. The number of hydrogen-bond donors (Lipinski definition) is 1. The lowest BCUT2D eigenvalue weighted by molar-refractivity contribution is -0.140. The Kier molecular flexibility index (Phi) is 8.00. The second kappa shape index (κ2) is 10.2. The first-order valence-electron chi connectivity index (χ1n) is 9.39. The van der Waals surface area contributed by atoms with Gasteiger partial charge in [0, 0.05) is 23.2 Å². The van der Waals surface area contributed by atoms with Crippen LogP contribution in [0.4, 0.5) is 4.39 Å². The van der Waals surface area contributed by atoms with Crippen molar-refractivity contribution in [3.63, 3.8) is 0 Å². The van der Waals surface area contributed by atoms with E-state index in [1.807, 2.05) is 13.8 Å². The molecule has 2 aromatic rings. The summed E-state index contributed by atoms with van der Waals surface area (Å²) in [7, 11) is 0. The Morgan fingerprint density at radius 3 is 2.50 bits per heavy atom. The van der Waals surface area contributed by atoms with Crippen molar-refractivity contribution < 1.29 is 14.0 Å². The van der Waals surface area contributed by atoms with E-state index in [9.17, 15) is 14.0 Å². The average molecular weight is 405 g/mol. The number of rotatable bonds is 8. The highest BCUT2D eigenvalue weighted by Gasteiger charge is 2.27. The molecule has 0 spiro atoms. The third-order valence-corrected chi connectivity index (χ3v) is 4.95. The number of carbonyl (C=O) groups is 2. The lowest BCUT2D eigenvalue weighted by Crippen LogP contribution is -2.50. The maximum atomic E-state index is 14.2. The Morgan fingerprint density at radius 1 is 1.14 bits per heavy atom. The summed E-state index contributed by atoms with van der Waals surface area (Å²) in [5.41, 5.74) is 1.11. The van der Waals surface area contributed by atoms with E-state index in [1.54, 1.807) is 49.4 Å². The molecule has 0 unspecified atom stereocenters.